The smallest absolute Gasteiger partial charge is 0.152 e. The van der Waals surface area contributed by atoms with Gasteiger partial charge in [0.1, 0.15) is 0 Å². The van der Waals surface area contributed by atoms with Crippen molar-refractivity contribution >= 4 is 28.8 Å². The van der Waals surface area contributed by atoms with Gasteiger partial charge in [0.15, 0.2) is 6.29 Å². The molecule has 0 saturated carbocycles. The van der Waals surface area contributed by atoms with Crippen molar-refractivity contribution in [1.82, 2.24) is 4.98 Å². The molecule has 0 radical (unpaired) electrons. The van der Waals surface area contributed by atoms with Crippen molar-refractivity contribution in [1.29, 1.82) is 0 Å². The van der Waals surface area contributed by atoms with Crippen molar-refractivity contribution in [2.75, 3.05) is 5.88 Å². The first-order valence-electron chi connectivity index (χ1n) is 4.46. The number of aromatic nitrogens is 1. The Kier molecular flexibility index (Phi) is 2.75. The lowest BCUT2D eigenvalue weighted by Crippen LogP contribution is -1.77. The third-order valence-electron chi connectivity index (χ3n) is 2.14. The number of hydrogen-bond donors (Lipinski definition) is 1. The molecule has 0 aliphatic rings. The number of fused-ring (bicyclic) bond motifs is 1. The normalized spacial score (nSPS) is 9.67. The maximum absolute atomic E-state index is 10.7. The van der Waals surface area contributed by atoms with Crippen LogP contribution < -0.4 is 0 Å². The van der Waals surface area contributed by atoms with Crippen LogP contribution in [0.3, 0.4) is 0 Å². The second kappa shape index (κ2) is 4.20. The molecule has 0 bridgehead atoms. The van der Waals surface area contributed by atoms with E-state index in [9.17, 15) is 4.79 Å². The molecule has 0 aliphatic carbocycles. The van der Waals surface area contributed by atoms with Crippen LogP contribution in [0.2, 0.25) is 0 Å². The SMILES string of the molecule is O=Cc1c[nH]c2cc(C#CCCl)ccc12. The molecule has 2 rings (SSSR count). The second-order valence-corrected chi connectivity index (χ2v) is 3.32. The number of rotatable bonds is 1. The molecule has 0 aliphatic heterocycles. The highest BCUT2D eigenvalue weighted by atomic mass is 35.5. The van der Waals surface area contributed by atoms with Crippen LogP contribution in [-0.2, 0) is 0 Å². The van der Waals surface area contributed by atoms with E-state index in [1.807, 2.05) is 18.2 Å². The van der Waals surface area contributed by atoms with Crippen molar-refractivity contribution in [3.63, 3.8) is 0 Å². The van der Waals surface area contributed by atoms with Crippen LogP contribution in [0.4, 0.5) is 0 Å². The number of carbonyl (C=O) groups excluding carboxylic acids is 1. The minimum absolute atomic E-state index is 0.322. The lowest BCUT2D eigenvalue weighted by atomic mass is 10.1. The summed E-state index contributed by atoms with van der Waals surface area (Å²) in [5, 5.41) is 0.918. The van der Waals surface area contributed by atoms with E-state index in [-0.39, 0.29) is 0 Å². The fraction of sp³-hybridized carbons (Fsp3) is 0.0833. The zero-order chi connectivity index (χ0) is 10.7. The average Bonchev–Trinajstić information content (AvgIpc) is 2.68. The summed E-state index contributed by atoms with van der Waals surface area (Å²) in [6.45, 7) is 0. The zero-order valence-electron chi connectivity index (χ0n) is 7.88. The number of hydrogen-bond acceptors (Lipinski definition) is 1. The Morgan fingerprint density at radius 2 is 2.33 bits per heavy atom. The molecule has 0 atom stereocenters. The number of alkyl halides is 1. The fourth-order valence-corrected chi connectivity index (χ4v) is 1.53. The number of carbonyl (C=O) groups is 1. The number of halogens is 1. The lowest BCUT2D eigenvalue weighted by Gasteiger charge is -1.92. The summed E-state index contributed by atoms with van der Waals surface area (Å²) >= 11 is 5.47. The van der Waals surface area contributed by atoms with Crippen molar-refractivity contribution in [3.05, 3.63) is 35.5 Å². The van der Waals surface area contributed by atoms with Crippen molar-refractivity contribution in [2.45, 2.75) is 0 Å². The summed E-state index contributed by atoms with van der Waals surface area (Å²) in [5.41, 5.74) is 2.47. The zero-order valence-corrected chi connectivity index (χ0v) is 8.64. The predicted octanol–water partition coefficient (Wildman–Crippen LogP) is 2.57. The van der Waals surface area contributed by atoms with Gasteiger partial charge < -0.3 is 4.98 Å². The average molecular weight is 218 g/mol. The standard InChI is InChI=1S/C12H8ClNO/c13-5-1-2-9-3-4-11-10(8-15)7-14-12(11)6-9/h3-4,6-8,14H,5H2. The monoisotopic (exact) mass is 217 g/mol. The second-order valence-electron chi connectivity index (χ2n) is 3.06. The van der Waals surface area contributed by atoms with Gasteiger partial charge in [-0.1, -0.05) is 17.9 Å². The third-order valence-corrected chi connectivity index (χ3v) is 2.27. The van der Waals surface area contributed by atoms with E-state index in [1.54, 1.807) is 6.20 Å². The van der Waals surface area contributed by atoms with E-state index >= 15 is 0 Å². The first-order chi connectivity index (χ1) is 7.35. The largest absolute Gasteiger partial charge is 0.360 e. The van der Waals surface area contributed by atoms with Gasteiger partial charge in [0, 0.05) is 28.2 Å². The van der Waals surface area contributed by atoms with Crippen LogP contribution in [0, 0.1) is 11.8 Å². The van der Waals surface area contributed by atoms with Gasteiger partial charge in [-0.15, -0.1) is 11.6 Å². The summed E-state index contributed by atoms with van der Waals surface area (Å²) in [6, 6.07) is 5.67. The van der Waals surface area contributed by atoms with E-state index < -0.39 is 0 Å². The van der Waals surface area contributed by atoms with Gasteiger partial charge in [0.05, 0.1) is 5.88 Å². The summed E-state index contributed by atoms with van der Waals surface area (Å²) < 4.78 is 0. The molecule has 0 unspecified atom stereocenters. The van der Waals surface area contributed by atoms with E-state index in [1.165, 1.54) is 0 Å². The Hall–Kier alpha value is -1.72. The Balaban J connectivity index is 2.53. The van der Waals surface area contributed by atoms with Crippen LogP contribution in [0.15, 0.2) is 24.4 Å². The van der Waals surface area contributed by atoms with Crippen LogP contribution >= 0.6 is 11.6 Å². The minimum Gasteiger partial charge on any atom is -0.360 e. The number of H-pyrrole nitrogens is 1. The quantitative estimate of drug-likeness (QED) is 0.445. The van der Waals surface area contributed by atoms with E-state index in [4.69, 9.17) is 11.6 Å². The highest BCUT2D eigenvalue weighted by Gasteiger charge is 2.01. The van der Waals surface area contributed by atoms with Gasteiger partial charge in [-0.2, -0.15) is 0 Å². The van der Waals surface area contributed by atoms with Gasteiger partial charge in [0.2, 0.25) is 0 Å². The Bertz CT molecular complexity index is 560. The molecule has 15 heavy (non-hydrogen) atoms. The fourth-order valence-electron chi connectivity index (χ4n) is 1.46. The van der Waals surface area contributed by atoms with Crippen molar-refractivity contribution < 1.29 is 4.79 Å². The number of benzene rings is 1. The molecule has 74 valence electrons. The summed E-state index contributed by atoms with van der Waals surface area (Å²) in [6.07, 6.45) is 2.53. The summed E-state index contributed by atoms with van der Waals surface area (Å²) in [7, 11) is 0. The van der Waals surface area contributed by atoms with Gasteiger partial charge in [0.25, 0.3) is 0 Å². The molecule has 2 aromatic rings. The van der Waals surface area contributed by atoms with Crippen LogP contribution in [-0.4, -0.2) is 17.2 Å². The third kappa shape index (κ3) is 1.88. The summed E-state index contributed by atoms with van der Waals surface area (Å²) in [4.78, 5) is 13.7. The molecule has 1 aromatic carbocycles. The van der Waals surface area contributed by atoms with E-state index in [0.29, 0.717) is 11.4 Å². The number of aldehydes is 1. The Morgan fingerprint density at radius 3 is 3.07 bits per heavy atom. The molecule has 3 heteroatoms. The van der Waals surface area contributed by atoms with Crippen molar-refractivity contribution in [2.24, 2.45) is 0 Å². The molecule has 2 nitrogen and oxygen atoms in total. The van der Waals surface area contributed by atoms with Crippen LogP contribution in [0.25, 0.3) is 10.9 Å². The molecular weight excluding hydrogens is 210 g/mol. The maximum Gasteiger partial charge on any atom is 0.152 e. The molecule has 0 fully saturated rings. The Labute approximate surface area is 92.2 Å². The van der Waals surface area contributed by atoms with Gasteiger partial charge >= 0.3 is 0 Å². The molecule has 0 spiro atoms. The van der Waals surface area contributed by atoms with Gasteiger partial charge in [-0.05, 0) is 12.1 Å². The highest BCUT2D eigenvalue weighted by molar-refractivity contribution is 6.19. The molecule has 0 amide bonds. The maximum atomic E-state index is 10.7. The molecular formula is C12H8ClNO. The lowest BCUT2D eigenvalue weighted by molar-refractivity contribution is 0.112. The van der Waals surface area contributed by atoms with Crippen LogP contribution in [0.1, 0.15) is 15.9 Å². The van der Waals surface area contributed by atoms with Crippen LogP contribution in [0.5, 0.6) is 0 Å². The molecule has 1 heterocycles. The first kappa shape index (κ1) is 9.82. The molecule has 1 aromatic heterocycles. The minimum atomic E-state index is 0.322. The summed E-state index contributed by atoms with van der Waals surface area (Å²) in [5.74, 6) is 6.03. The predicted molar refractivity (Wildman–Crippen MR) is 61.3 cm³/mol. The van der Waals surface area contributed by atoms with Gasteiger partial charge in [-0.25, -0.2) is 0 Å². The number of nitrogens with one attached hydrogen (secondary N) is 1. The van der Waals surface area contributed by atoms with E-state index in [2.05, 4.69) is 16.8 Å². The Morgan fingerprint density at radius 1 is 1.47 bits per heavy atom. The van der Waals surface area contributed by atoms with Crippen molar-refractivity contribution in [3.8, 4) is 11.8 Å². The number of aromatic amines is 1. The van der Waals surface area contributed by atoms with E-state index in [0.717, 1.165) is 22.8 Å². The first-order valence-corrected chi connectivity index (χ1v) is 5.00. The van der Waals surface area contributed by atoms with Gasteiger partial charge in [-0.3, -0.25) is 4.79 Å². The molecule has 1 N–H and O–H groups in total. The highest BCUT2D eigenvalue weighted by Crippen LogP contribution is 2.17. The molecule has 0 saturated heterocycles. The topological polar surface area (TPSA) is 32.9 Å².